The fourth-order valence-corrected chi connectivity index (χ4v) is 6.31. The van der Waals surface area contributed by atoms with Gasteiger partial charge in [-0.25, -0.2) is 8.78 Å². The number of unbranched alkanes of at least 4 members (excludes halogenated alkanes) is 2. The van der Waals surface area contributed by atoms with Crippen LogP contribution in [0.2, 0.25) is 0 Å². The minimum absolute atomic E-state index is 0.106. The van der Waals surface area contributed by atoms with Crippen molar-refractivity contribution in [2.75, 3.05) is 5.88 Å². The predicted octanol–water partition coefficient (Wildman–Crippen LogP) is 8.04. The molecule has 0 spiro atoms. The number of hydrogen-bond acceptors (Lipinski definition) is 0. The second-order valence-corrected chi connectivity index (χ2v) is 9.91. The van der Waals surface area contributed by atoms with Crippen molar-refractivity contribution in [1.29, 1.82) is 0 Å². The lowest BCUT2D eigenvalue weighted by Gasteiger charge is -2.40. The van der Waals surface area contributed by atoms with E-state index in [9.17, 15) is 0 Å². The monoisotopic (exact) mass is 400 g/mol. The summed E-state index contributed by atoms with van der Waals surface area (Å²) in [5.41, 5.74) is 0.820. The minimum Gasteiger partial charge on any atom is -0.244 e. The number of rotatable bonds is 7. The minimum atomic E-state index is -1.35. The van der Waals surface area contributed by atoms with E-state index in [2.05, 4.69) is 13.0 Å². The first kappa shape index (κ1) is 21.6. The van der Waals surface area contributed by atoms with Gasteiger partial charge in [-0.1, -0.05) is 38.7 Å². The molecular formula is C24H39ClF2. The van der Waals surface area contributed by atoms with Gasteiger partial charge in [-0.3, -0.25) is 0 Å². The Morgan fingerprint density at radius 1 is 0.926 bits per heavy atom. The van der Waals surface area contributed by atoms with Gasteiger partial charge in [0, 0.05) is 5.88 Å². The summed E-state index contributed by atoms with van der Waals surface area (Å²) in [6.07, 6.45) is 14.3. The number of halogens is 3. The molecule has 0 aromatic rings. The van der Waals surface area contributed by atoms with Crippen LogP contribution >= 0.6 is 11.6 Å². The van der Waals surface area contributed by atoms with Crippen molar-refractivity contribution >= 4 is 11.6 Å². The van der Waals surface area contributed by atoms with Crippen LogP contribution in [0, 0.1) is 29.6 Å². The highest BCUT2D eigenvalue weighted by atomic mass is 35.5. The first-order valence-corrected chi connectivity index (χ1v) is 12.2. The molecule has 0 aliphatic heterocycles. The van der Waals surface area contributed by atoms with Gasteiger partial charge >= 0.3 is 0 Å². The molecule has 0 radical (unpaired) electrons. The number of alkyl halides is 3. The third-order valence-corrected chi connectivity index (χ3v) is 8.32. The molecule has 0 aromatic heterocycles. The highest BCUT2D eigenvalue weighted by Gasteiger charge is 2.42. The summed E-state index contributed by atoms with van der Waals surface area (Å²) >= 11 is 5.97. The van der Waals surface area contributed by atoms with Crippen molar-refractivity contribution in [2.45, 2.75) is 103 Å². The Bertz CT molecular complexity index is 461. The Morgan fingerprint density at radius 2 is 1.59 bits per heavy atom. The highest BCUT2D eigenvalue weighted by Crippen LogP contribution is 2.46. The molecule has 1 unspecified atom stereocenters. The molecule has 0 amide bonds. The molecule has 0 aromatic carbocycles. The Labute approximate surface area is 170 Å². The normalized spacial score (nSPS) is 40.6. The second kappa shape index (κ2) is 10.6. The molecule has 0 heterocycles. The van der Waals surface area contributed by atoms with Crippen LogP contribution in [0.5, 0.6) is 0 Å². The van der Waals surface area contributed by atoms with Crippen molar-refractivity contribution < 1.29 is 8.78 Å². The van der Waals surface area contributed by atoms with E-state index < -0.39 is 12.3 Å². The Kier molecular flexibility index (Phi) is 8.48. The molecule has 3 rings (SSSR count). The molecule has 0 saturated heterocycles. The lowest BCUT2D eigenvalue weighted by Crippen LogP contribution is -2.39. The average molecular weight is 401 g/mol. The van der Waals surface area contributed by atoms with Crippen LogP contribution < -0.4 is 0 Å². The third-order valence-electron chi connectivity index (χ3n) is 7.88. The fourth-order valence-electron chi connectivity index (χ4n) is 6.00. The van der Waals surface area contributed by atoms with E-state index >= 15 is 8.78 Å². The van der Waals surface area contributed by atoms with E-state index in [0.717, 1.165) is 56.4 Å². The molecular weight excluding hydrogens is 362 g/mol. The molecule has 156 valence electrons. The number of allylic oxidation sites excluding steroid dienone is 2. The maximum atomic E-state index is 15.1. The predicted molar refractivity (Wildman–Crippen MR) is 112 cm³/mol. The lowest BCUT2D eigenvalue weighted by atomic mass is 9.67. The van der Waals surface area contributed by atoms with E-state index in [1.807, 2.05) is 0 Å². The van der Waals surface area contributed by atoms with E-state index in [-0.39, 0.29) is 5.92 Å². The zero-order valence-electron chi connectivity index (χ0n) is 17.2. The fraction of sp³-hybridized carbons (Fsp3) is 0.917. The maximum Gasteiger partial charge on any atom is 0.153 e. The van der Waals surface area contributed by atoms with Crippen LogP contribution in [0.25, 0.3) is 0 Å². The van der Waals surface area contributed by atoms with Gasteiger partial charge in [-0.05, 0) is 93.0 Å². The standard InChI is InChI=1S/C24H39ClF2/c1-2-3-4-5-17-6-10-19(11-7-17)21-14-15-22(24(27)23(21)26)20-12-8-18(16-25)9-13-20/h14,17-20,22-24H,2-13,15-16H2,1H3/t17?,18?,19?,20?,22-,23?,24+/m1/s1. The van der Waals surface area contributed by atoms with Crippen molar-refractivity contribution in [3.8, 4) is 0 Å². The molecule has 3 aliphatic carbocycles. The summed E-state index contributed by atoms with van der Waals surface area (Å²) in [7, 11) is 0. The molecule has 27 heavy (non-hydrogen) atoms. The first-order chi connectivity index (χ1) is 13.1. The molecule has 3 atom stereocenters. The molecule has 3 heteroatoms. The molecule has 2 saturated carbocycles. The summed E-state index contributed by atoms with van der Waals surface area (Å²) in [6, 6.07) is 0. The summed E-state index contributed by atoms with van der Waals surface area (Å²) < 4.78 is 30.1. The summed E-state index contributed by atoms with van der Waals surface area (Å²) in [5.74, 6) is 2.67. The Morgan fingerprint density at radius 3 is 2.22 bits per heavy atom. The smallest absolute Gasteiger partial charge is 0.153 e. The molecule has 0 bridgehead atoms. The van der Waals surface area contributed by atoms with Gasteiger partial charge in [0.05, 0.1) is 0 Å². The van der Waals surface area contributed by atoms with Crippen molar-refractivity contribution in [2.24, 2.45) is 29.6 Å². The zero-order valence-corrected chi connectivity index (χ0v) is 17.9. The van der Waals surface area contributed by atoms with Gasteiger partial charge in [0.2, 0.25) is 0 Å². The Balaban J connectivity index is 1.51. The summed E-state index contributed by atoms with van der Waals surface area (Å²) in [6.45, 7) is 2.25. The maximum absolute atomic E-state index is 15.1. The SMILES string of the molecule is CCCCCC1CCC(C2=CC[C@H](C3CCC(CCl)CC3)[C@H](F)C2F)CC1. The van der Waals surface area contributed by atoms with Gasteiger partial charge in [0.1, 0.15) is 6.17 Å². The highest BCUT2D eigenvalue weighted by molar-refractivity contribution is 6.18. The van der Waals surface area contributed by atoms with Gasteiger partial charge in [0.25, 0.3) is 0 Å². The van der Waals surface area contributed by atoms with Gasteiger partial charge in [-0.2, -0.15) is 0 Å². The third kappa shape index (κ3) is 5.49. The topological polar surface area (TPSA) is 0 Å². The molecule has 2 fully saturated rings. The summed E-state index contributed by atoms with van der Waals surface area (Å²) in [4.78, 5) is 0. The largest absolute Gasteiger partial charge is 0.244 e. The van der Waals surface area contributed by atoms with E-state index in [0.29, 0.717) is 23.6 Å². The molecule has 0 nitrogen and oxygen atoms in total. The lowest BCUT2D eigenvalue weighted by molar-refractivity contribution is 0.0577. The van der Waals surface area contributed by atoms with E-state index in [4.69, 9.17) is 11.6 Å². The van der Waals surface area contributed by atoms with E-state index in [1.165, 1.54) is 38.5 Å². The van der Waals surface area contributed by atoms with Crippen LogP contribution in [0.4, 0.5) is 8.78 Å². The molecule has 0 N–H and O–H groups in total. The van der Waals surface area contributed by atoms with Gasteiger partial charge < -0.3 is 0 Å². The van der Waals surface area contributed by atoms with Gasteiger partial charge in [0.15, 0.2) is 6.17 Å². The van der Waals surface area contributed by atoms with Crippen LogP contribution in [-0.4, -0.2) is 18.2 Å². The van der Waals surface area contributed by atoms with Crippen LogP contribution in [0.15, 0.2) is 11.6 Å². The first-order valence-electron chi connectivity index (χ1n) is 11.7. The van der Waals surface area contributed by atoms with Crippen molar-refractivity contribution in [1.82, 2.24) is 0 Å². The van der Waals surface area contributed by atoms with Crippen LogP contribution in [-0.2, 0) is 0 Å². The summed E-state index contributed by atoms with van der Waals surface area (Å²) in [5, 5.41) is 0. The second-order valence-electron chi connectivity index (χ2n) is 9.60. The number of hydrogen-bond donors (Lipinski definition) is 0. The average Bonchev–Trinajstić information content (AvgIpc) is 2.71. The van der Waals surface area contributed by atoms with Crippen LogP contribution in [0.3, 0.4) is 0 Å². The van der Waals surface area contributed by atoms with Gasteiger partial charge in [-0.15, -0.1) is 11.6 Å². The van der Waals surface area contributed by atoms with Crippen molar-refractivity contribution in [3.63, 3.8) is 0 Å². The van der Waals surface area contributed by atoms with Crippen molar-refractivity contribution in [3.05, 3.63) is 11.6 Å². The molecule has 3 aliphatic rings. The zero-order chi connectivity index (χ0) is 19.2. The Hall–Kier alpha value is -0.110. The quantitative estimate of drug-likeness (QED) is 0.230. The van der Waals surface area contributed by atoms with Crippen LogP contribution in [0.1, 0.15) is 90.4 Å². The van der Waals surface area contributed by atoms with E-state index in [1.54, 1.807) is 0 Å².